The van der Waals surface area contributed by atoms with Crippen LogP contribution in [-0.2, 0) is 4.79 Å². The van der Waals surface area contributed by atoms with Crippen LogP contribution < -0.4 is 4.90 Å². The maximum absolute atomic E-state index is 12.8. The summed E-state index contributed by atoms with van der Waals surface area (Å²) in [6.07, 6.45) is 2.26. The summed E-state index contributed by atoms with van der Waals surface area (Å²) in [6, 6.07) is 6.37. The molecule has 0 aromatic heterocycles. The largest absolute Gasteiger partial charge is 0.481 e. The van der Waals surface area contributed by atoms with Crippen LogP contribution >= 0.6 is 0 Å². The van der Waals surface area contributed by atoms with Gasteiger partial charge in [0.05, 0.1) is 5.92 Å². The summed E-state index contributed by atoms with van der Waals surface area (Å²) in [5.74, 6) is -1.18. The van der Waals surface area contributed by atoms with Gasteiger partial charge in [0.1, 0.15) is 5.82 Å². The van der Waals surface area contributed by atoms with Crippen molar-refractivity contribution in [3.8, 4) is 0 Å². The molecule has 92 valence electrons. The van der Waals surface area contributed by atoms with E-state index < -0.39 is 5.97 Å². The summed E-state index contributed by atoms with van der Waals surface area (Å²) >= 11 is 0. The number of carboxylic acids is 1. The van der Waals surface area contributed by atoms with Crippen LogP contribution in [0.15, 0.2) is 24.3 Å². The first kappa shape index (κ1) is 11.9. The second-order valence-electron chi connectivity index (χ2n) is 4.43. The molecule has 1 aromatic carbocycles. The molecular formula is C13H16FNO2. The van der Waals surface area contributed by atoms with Crippen LogP contribution in [0, 0.1) is 11.7 Å². The van der Waals surface area contributed by atoms with E-state index in [1.165, 1.54) is 12.1 Å². The van der Waals surface area contributed by atoms with Crippen molar-refractivity contribution < 1.29 is 14.3 Å². The van der Waals surface area contributed by atoms with Crippen molar-refractivity contribution in [2.24, 2.45) is 5.92 Å². The first-order valence-electron chi connectivity index (χ1n) is 5.90. The Hall–Kier alpha value is -1.58. The van der Waals surface area contributed by atoms with E-state index in [1.54, 1.807) is 12.1 Å². The first-order chi connectivity index (χ1) is 8.16. The summed E-state index contributed by atoms with van der Waals surface area (Å²) in [7, 11) is 0. The highest BCUT2D eigenvalue weighted by Gasteiger charge is 2.22. The minimum Gasteiger partial charge on any atom is -0.481 e. The molecule has 1 heterocycles. The lowest BCUT2D eigenvalue weighted by Gasteiger charge is -2.22. The fourth-order valence-corrected chi connectivity index (χ4v) is 2.25. The molecule has 1 saturated heterocycles. The van der Waals surface area contributed by atoms with Crippen molar-refractivity contribution in [2.75, 3.05) is 18.0 Å². The summed E-state index contributed by atoms with van der Waals surface area (Å²) in [5.41, 5.74) is 0.970. The minimum atomic E-state index is -0.703. The smallest absolute Gasteiger partial charge is 0.306 e. The van der Waals surface area contributed by atoms with E-state index in [-0.39, 0.29) is 11.7 Å². The molecule has 17 heavy (non-hydrogen) atoms. The Kier molecular flexibility index (Phi) is 3.61. The van der Waals surface area contributed by atoms with Gasteiger partial charge in [-0.25, -0.2) is 4.39 Å². The maximum atomic E-state index is 12.8. The van der Waals surface area contributed by atoms with Crippen molar-refractivity contribution in [2.45, 2.75) is 19.3 Å². The van der Waals surface area contributed by atoms with E-state index in [1.807, 2.05) is 0 Å². The molecule has 1 aromatic rings. The van der Waals surface area contributed by atoms with Gasteiger partial charge in [-0.15, -0.1) is 0 Å². The molecule has 0 bridgehead atoms. The zero-order valence-electron chi connectivity index (χ0n) is 9.60. The number of halogens is 1. The minimum absolute atomic E-state index is 0.236. The lowest BCUT2D eigenvalue weighted by Crippen LogP contribution is -2.24. The fourth-order valence-electron chi connectivity index (χ4n) is 2.25. The predicted octanol–water partition coefficient (Wildman–Crippen LogP) is 2.52. The number of rotatable bonds is 2. The SMILES string of the molecule is O=C(O)C1CCCN(c2ccc(F)cc2)CC1. The third kappa shape index (κ3) is 2.96. The number of hydrogen-bond acceptors (Lipinski definition) is 2. The maximum Gasteiger partial charge on any atom is 0.306 e. The van der Waals surface area contributed by atoms with Crippen molar-refractivity contribution >= 4 is 11.7 Å². The van der Waals surface area contributed by atoms with Gasteiger partial charge in [-0.2, -0.15) is 0 Å². The number of aliphatic carboxylic acids is 1. The quantitative estimate of drug-likeness (QED) is 0.859. The van der Waals surface area contributed by atoms with Gasteiger partial charge in [0, 0.05) is 18.8 Å². The average molecular weight is 237 g/mol. The van der Waals surface area contributed by atoms with E-state index in [4.69, 9.17) is 5.11 Å². The molecule has 1 aliphatic heterocycles. The number of benzene rings is 1. The van der Waals surface area contributed by atoms with Gasteiger partial charge in [-0.05, 0) is 43.5 Å². The lowest BCUT2D eigenvalue weighted by atomic mass is 10.0. The van der Waals surface area contributed by atoms with Crippen molar-refractivity contribution in [1.29, 1.82) is 0 Å². The molecule has 0 amide bonds. The van der Waals surface area contributed by atoms with Gasteiger partial charge in [-0.3, -0.25) is 4.79 Å². The van der Waals surface area contributed by atoms with Crippen LogP contribution in [0.1, 0.15) is 19.3 Å². The third-order valence-electron chi connectivity index (χ3n) is 3.27. The summed E-state index contributed by atoms with van der Waals surface area (Å²) in [6.45, 7) is 1.57. The second kappa shape index (κ2) is 5.17. The Balaban J connectivity index is 2.03. The Bertz CT molecular complexity index is 391. The molecule has 1 unspecified atom stereocenters. The molecule has 2 rings (SSSR count). The Morgan fingerprint density at radius 1 is 1.24 bits per heavy atom. The molecule has 1 atom stereocenters. The molecule has 3 nitrogen and oxygen atoms in total. The van der Waals surface area contributed by atoms with Crippen molar-refractivity contribution in [1.82, 2.24) is 0 Å². The Labute approximate surface area is 99.9 Å². The number of nitrogens with zero attached hydrogens (tertiary/aromatic N) is 1. The van der Waals surface area contributed by atoms with Gasteiger partial charge in [-0.1, -0.05) is 0 Å². The average Bonchev–Trinajstić information content (AvgIpc) is 2.55. The van der Waals surface area contributed by atoms with Gasteiger partial charge in [0.25, 0.3) is 0 Å². The van der Waals surface area contributed by atoms with Crippen LogP contribution in [-0.4, -0.2) is 24.2 Å². The number of carboxylic acid groups (broad SMARTS) is 1. The van der Waals surface area contributed by atoms with Crippen LogP contribution in [0.5, 0.6) is 0 Å². The molecule has 1 aliphatic rings. The summed E-state index contributed by atoms with van der Waals surface area (Å²) in [5, 5.41) is 8.99. The summed E-state index contributed by atoms with van der Waals surface area (Å²) in [4.78, 5) is 13.1. The van der Waals surface area contributed by atoms with E-state index in [0.717, 1.165) is 31.6 Å². The van der Waals surface area contributed by atoms with E-state index in [0.29, 0.717) is 6.42 Å². The van der Waals surface area contributed by atoms with Crippen molar-refractivity contribution in [3.05, 3.63) is 30.1 Å². The van der Waals surface area contributed by atoms with Gasteiger partial charge in [0.2, 0.25) is 0 Å². The van der Waals surface area contributed by atoms with Crippen LogP contribution in [0.4, 0.5) is 10.1 Å². The van der Waals surface area contributed by atoms with Gasteiger partial charge >= 0.3 is 5.97 Å². The third-order valence-corrected chi connectivity index (χ3v) is 3.27. The van der Waals surface area contributed by atoms with Crippen LogP contribution in [0.3, 0.4) is 0 Å². The standard InChI is InChI=1S/C13H16FNO2/c14-11-3-5-12(6-4-11)15-8-1-2-10(7-9-15)13(16)17/h3-6,10H,1-2,7-9H2,(H,16,17). The van der Waals surface area contributed by atoms with E-state index in [9.17, 15) is 9.18 Å². The Morgan fingerprint density at radius 2 is 1.94 bits per heavy atom. The molecule has 1 N–H and O–H groups in total. The lowest BCUT2D eigenvalue weighted by molar-refractivity contribution is -0.142. The molecule has 0 spiro atoms. The monoisotopic (exact) mass is 237 g/mol. The Morgan fingerprint density at radius 3 is 2.59 bits per heavy atom. The first-order valence-corrected chi connectivity index (χ1v) is 5.90. The molecule has 0 saturated carbocycles. The number of hydrogen-bond donors (Lipinski definition) is 1. The molecule has 1 fully saturated rings. The van der Waals surface area contributed by atoms with Crippen LogP contribution in [0.2, 0.25) is 0 Å². The molecule has 4 heteroatoms. The zero-order valence-corrected chi connectivity index (χ0v) is 9.60. The highest BCUT2D eigenvalue weighted by molar-refractivity contribution is 5.70. The molecular weight excluding hydrogens is 221 g/mol. The zero-order chi connectivity index (χ0) is 12.3. The normalized spacial score (nSPS) is 21.0. The second-order valence-corrected chi connectivity index (χ2v) is 4.43. The highest BCUT2D eigenvalue weighted by Crippen LogP contribution is 2.23. The number of carbonyl (C=O) groups is 1. The van der Waals surface area contributed by atoms with E-state index in [2.05, 4.69) is 4.90 Å². The molecule has 0 aliphatic carbocycles. The topological polar surface area (TPSA) is 40.5 Å². The van der Waals surface area contributed by atoms with Crippen molar-refractivity contribution in [3.63, 3.8) is 0 Å². The number of anilines is 1. The summed E-state index contributed by atoms with van der Waals surface area (Å²) < 4.78 is 12.8. The predicted molar refractivity (Wildman–Crippen MR) is 63.6 cm³/mol. The van der Waals surface area contributed by atoms with Crippen LogP contribution in [0.25, 0.3) is 0 Å². The van der Waals surface area contributed by atoms with E-state index >= 15 is 0 Å². The van der Waals surface area contributed by atoms with Gasteiger partial charge < -0.3 is 10.0 Å². The molecule has 0 radical (unpaired) electrons. The highest BCUT2D eigenvalue weighted by atomic mass is 19.1. The fraction of sp³-hybridized carbons (Fsp3) is 0.462. The van der Waals surface area contributed by atoms with Gasteiger partial charge in [0.15, 0.2) is 0 Å².